The Labute approximate surface area is 170 Å². The number of hydrogen-bond donors (Lipinski definition) is 1. The first kappa shape index (κ1) is 19.3. The highest BCUT2D eigenvalue weighted by Crippen LogP contribution is 2.27. The summed E-state index contributed by atoms with van der Waals surface area (Å²) in [6, 6.07) is 17.3. The maximum absolute atomic E-state index is 13.4. The lowest BCUT2D eigenvalue weighted by atomic mass is 10.2. The normalized spacial score (nSPS) is 10.6. The first-order chi connectivity index (χ1) is 14.5. The Hall–Kier alpha value is -4.07. The smallest absolute Gasteiger partial charge is 0.258 e. The molecule has 1 heterocycles. The van der Waals surface area contributed by atoms with Gasteiger partial charge >= 0.3 is 0 Å². The number of nitrogens with one attached hydrogen (secondary N) is 1. The Kier molecular flexibility index (Phi) is 5.21. The Bertz CT molecular complexity index is 1190. The third-order valence-electron chi connectivity index (χ3n) is 4.12. The molecule has 0 aliphatic rings. The monoisotopic (exact) mass is 407 g/mol. The minimum atomic E-state index is -0.987. The van der Waals surface area contributed by atoms with Crippen LogP contribution in [0.1, 0.15) is 6.92 Å². The lowest BCUT2D eigenvalue weighted by Crippen LogP contribution is -2.05. The quantitative estimate of drug-likeness (QED) is 0.477. The van der Waals surface area contributed by atoms with Crippen LogP contribution in [0.25, 0.3) is 22.8 Å². The minimum absolute atomic E-state index is 0.0866. The number of hydrogen-bond acceptors (Lipinski definition) is 5. The predicted molar refractivity (Wildman–Crippen MR) is 106 cm³/mol. The molecule has 0 bridgehead atoms. The third kappa shape index (κ3) is 4.33. The van der Waals surface area contributed by atoms with Crippen LogP contribution in [-0.4, -0.2) is 16.0 Å². The molecule has 1 aromatic heterocycles. The van der Waals surface area contributed by atoms with Gasteiger partial charge in [-0.1, -0.05) is 5.16 Å². The number of nitrogens with zero attached hydrogens (tertiary/aromatic N) is 2. The number of halogens is 2. The molecule has 0 unspecified atom stereocenters. The fourth-order valence-electron chi connectivity index (χ4n) is 2.70. The molecule has 4 aromatic rings. The highest BCUT2D eigenvalue weighted by Gasteiger charge is 2.13. The number of benzene rings is 3. The van der Waals surface area contributed by atoms with Gasteiger partial charge < -0.3 is 14.6 Å². The Morgan fingerprint density at radius 1 is 0.900 bits per heavy atom. The van der Waals surface area contributed by atoms with Crippen molar-refractivity contribution in [2.75, 3.05) is 5.32 Å². The van der Waals surface area contributed by atoms with Gasteiger partial charge in [-0.15, -0.1) is 0 Å². The Morgan fingerprint density at radius 3 is 2.17 bits per heavy atom. The molecular weight excluding hydrogens is 392 g/mol. The molecule has 0 aliphatic carbocycles. The van der Waals surface area contributed by atoms with Crippen molar-refractivity contribution in [3.05, 3.63) is 78.4 Å². The van der Waals surface area contributed by atoms with Crippen molar-refractivity contribution in [2.24, 2.45) is 0 Å². The first-order valence-electron chi connectivity index (χ1n) is 8.93. The van der Waals surface area contributed by atoms with Crippen molar-refractivity contribution >= 4 is 11.6 Å². The second-order valence-corrected chi connectivity index (χ2v) is 6.38. The highest BCUT2D eigenvalue weighted by atomic mass is 19.2. The van der Waals surface area contributed by atoms with Crippen LogP contribution in [0.5, 0.6) is 11.5 Å². The molecule has 0 fully saturated rings. The predicted octanol–water partition coefficient (Wildman–Crippen LogP) is 5.43. The third-order valence-corrected chi connectivity index (χ3v) is 4.12. The summed E-state index contributed by atoms with van der Waals surface area (Å²) >= 11 is 0. The zero-order chi connectivity index (χ0) is 21.1. The highest BCUT2D eigenvalue weighted by molar-refractivity contribution is 5.88. The minimum Gasteiger partial charge on any atom is -0.457 e. The average molecular weight is 407 g/mol. The summed E-state index contributed by atoms with van der Waals surface area (Å²) in [5.74, 6) is -0.483. The van der Waals surface area contributed by atoms with Crippen LogP contribution in [-0.2, 0) is 4.79 Å². The average Bonchev–Trinajstić information content (AvgIpc) is 3.22. The number of carbonyl (C=O) groups excluding carboxylic acids is 1. The number of anilines is 1. The summed E-state index contributed by atoms with van der Waals surface area (Å²) in [5.41, 5.74) is 1.63. The van der Waals surface area contributed by atoms with Crippen LogP contribution >= 0.6 is 0 Å². The van der Waals surface area contributed by atoms with Crippen molar-refractivity contribution in [2.45, 2.75) is 6.92 Å². The second kappa shape index (κ2) is 8.12. The van der Waals surface area contributed by atoms with Crippen LogP contribution in [0.2, 0.25) is 0 Å². The summed E-state index contributed by atoms with van der Waals surface area (Å²) in [6.45, 7) is 1.44. The van der Waals surface area contributed by atoms with Gasteiger partial charge in [0.1, 0.15) is 11.5 Å². The molecule has 0 saturated heterocycles. The van der Waals surface area contributed by atoms with Gasteiger partial charge in [-0.3, -0.25) is 4.79 Å². The fourth-order valence-corrected chi connectivity index (χ4v) is 2.70. The number of aromatic nitrogens is 2. The number of ether oxygens (including phenoxy) is 1. The second-order valence-electron chi connectivity index (χ2n) is 6.38. The van der Waals surface area contributed by atoms with Gasteiger partial charge in [0.25, 0.3) is 5.89 Å². The molecule has 0 saturated carbocycles. The Morgan fingerprint density at radius 2 is 1.53 bits per heavy atom. The zero-order valence-corrected chi connectivity index (χ0v) is 15.7. The number of amides is 1. The molecule has 8 heteroatoms. The lowest BCUT2D eigenvalue weighted by Gasteiger charge is -2.07. The standard InChI is InChI=1S/C22H15F2N3O3/c1-13(28)25-16-5-9-18(10-6-16)29-17-7-2-14(3-8-17)21-26-22(30-27-21)15-4-11-19(23)20(24)12-15/h2-12H,1H3,(H,25,28). The Balaban J connectivity index is 1.46. The molecule has 0 radical (unpaired) electrons. The molecule has 1 amide bonds. The van der Waals surface area contributed by atoms with Crippen LogP contribution in [0, 0.1) is 11.6 Å². The van der Waals surface area contributed by atoms with Crippen molar-refractivity contribution in [1.29, 1.82) is 0 Å². The summed E-state index contributed by atoms with van der Waals surface area (Å²) in [7, 11) is 0. The largest absolute Gasteiger partial charge is 0.457 e. The molecule has 4 rings (SSSR count). The van der Waals surface area contributed by atoms with E-state index in [0.29, 0.717) is 28.6 Å². The molecule has 0 aliphatic heterocycles. The van der Waals surface area contributed by atoms with E-state index < -0.39 is 11.6 Å². The van der Waals surface area contributed by atoms with E-state index in [2.05, 4.69) is 15.5 Å². The van der Waals surface area contributed by atoms with Gasteiger partial charge in [0.2, 0.25) is 11.7 Å². The van der Waals surface area contributed by atoms with Gasteiger partial charge in [-0.25, -0.2) is 8.78 Å². The van der Waals surface area contributed by atoms with E-state index in [1.54, 1.807) is 48.5 Å². The van der Waals surface area contributed by atoms with Gasteiger partial charge in [-0.2, -0.15) is 4.98 Å². The maximum atomic E-state index is 13.4. The van der Waals surface area contributed by atoms with Crippen molar-refractivity contribution < 1.29 is 22.8 Å². The summed E-state index contributed by atoms with van der Waals surface area (Å²) in [4.78, 5) is 15.3. The van der Waals surface area contributed by atoms with Crippen molar-refractivity contribution in [1.82, 2.24) is 10.1 Å². The molecule has 30 heavy (non-hydrogen) atoms. The van der Waals surface area contributed by atoms with Gasteiger partial charge in [0, 0.05) is 23.7 Å². The van der Waals surface area contributed by atoms with E-state index in [-0.39, 0.29) is 17.4 Å². The SMILES string of the molecule is CC(=O)Nc1ccc(Oc2ccc(-c3noc(-c4ccc(F)c(F)c4)n3)cc2)cc1. The van der Waals surface area contributed by atoms with Crippen molar-refractivity contribution in [3.63, 3.8) is 0 Å². The molecule has 6 nitrogen and oxygen atoms in total. The van der Waals surface area contributed by atoms with E-state index in [4.69, 9.17) is 9.26 Å². The molecule has 150 valence electrons. The number of carbonyl (C=O) groups is 1. The summed E-state index contributed by atoms with van der Waals surface area (Å²) < 4.78 is 37.4. The van der Waals surface area contributed by atoms with E-state index in [1.165, 1.54) is 13.0 Å². The van der Waals surface area contributed by atoms with Gasteiger partial charge in [0.15, 0.2) is 11.6 Å². The van der Waals surface area contributed by atoms with Gasteiger partial charge in [-0.05, 0) is 66.7 Å². The van der Waals surface area contributed by atoms with E-state index in [9.17, 15) is 13.6 Å². The molecule has 1 N–H and O–H groups in total. The van der Waals surface area contributed by atoms with Crippen LogP contribution < -0.4 is 10.1 Å². The zero-order valence-electron chi connectivity index (χ0n) is 15.7. The van der Waals surface area contributed by atoms with Crippen LogP contribution in [0.3, 0.4) is 0 Å². The fraction of sp³-hybridized carbons (Fsp3) is 0.0455. The van der Waals surface area contributed by atoms with E-state index in [1.807, 2.05) is 0 Å². The van der Waals surface area contributed by atoms with E-state index in [0.717, 1.165) is 12.1 Å². The molecule has 0 atom stereocenters. The summed E-state index contributed by atoms with van der Waals surface area (Å²) in [6.07, 6.45) is 0. The molecule has 0 spiro atoms. The van der Waals surface area contributed by atoms with Crippen LogP contribution in [0.15, 0.2) is 71.3 Å². The lowest BCUT2D eigenvalue weighted by molar-refractivity contribution is -0.114. The first-order valence-corrected chi connectivity index (χ1v) is 8.93. The molecule has 3 aromatic carbocycles. The topological polar surface area (TPSA) is 77.2 Å². The maximum Gasteiger partial charge on any atom is 0.258 e. The number of rotatable bonds is 5. The van der Waals surface area contributed by atoms with Gasteiger partial charge in [0.05, 0.1) is 0 Å². The summed E-state index contributed by atoms with van der Waals surface area (Å²) in [5, 5.41) is 6.57. The van der Waals surface area contributed by atoms with E-state index >= 15 is 0 Å². The molecular formula is C22H15F2N3O3. The van der Waals surface area contributed by atoms with Crippen molar-refractivity contribution in [3.8, 4) is 34.3 Å². The van der Waals surface area contributed by atoms with Crippen LogP contribution in [0.4, 0.5) is 14.5 Å².